The van der Waals surface area contributed by atoms with Gasteiger partial charge < -0.3 is 10.0 Å². The molecule has 0 aromatic heterocycles. The second-order valence-corrected chi connectivity index (χ2v) is 6.11. The molecule has 4 heteroatoms. The standard InChI is InChI=1S/C13H17NO2S/c1-8-4-9(2)13-11(5-8)17-10(3)6-14(13)7-12(15)16/h4-5,10H,6-7H2,1-3H3,(H,15,16). The normalized spacial score (nSPS) is 19.0. The van der Waals surface area contributed by atoms with E-state index in [-0.39, 0.29) is 6.54 Å². The average Bonchev–Trinajstić information content (AvgIpc) is 2.13. The lowest BCUT2D eigenvalue weighted by molar-refractivity contribution is -0.135. The van der Waals surface area contributed by atoms with Crippen LogP contribution in [0.1, 0.15) is 18.1 Å². The lowest BCUT2D eigenvalue weighted by atomic mass is 10.1. The largest absolute Gasteiger partial charge is 0.480 e. The van der Waals surface area contributed by atoms with Crippen molar-refractivity contribution in [3.63, 3.8) is 0 Å². The van der Waals surface area contributed by atoms with Gasteiger partial charge in [-0.2, -0.15) is 0 Å². The van der Waals surface area contributed by atoms with E-state index in [2.05, 4.69) is 32.9 Å². The van der Waals surface area contributed by atoms with Gasteiger partial charge in [0, 0.05) is 16.7 Å². The van der Waals surface area contributed by atoms with Crippen molar-refractivity contribution in [2.24, 2.45) is 0 Å². The number of rotatable bonds is 2. The zero-order valence-corrected chi connectivity index (χ0v) is 11.2. The Bertz CT molecular complexity index is 459. The molecule has 0 bridgehead atoms. The van der Waals surface area contributed by atoms with Crippen molar-refractivity contribution in [1.29, 1.82) is 0 Å². The van der Waals surface area contributed by atoms with Gasteiger partial charge in [0.2, 0.25) is 0 Å². The molecule has 0 aliphatic carbocycles. The Morgan fingerprint density at radius 3 is 2.88 bits per heavy atom. The highest BCUT2D eigenvalue weighted by atomic mass is 32.2. The number of benzene rings is 1. The molecule has 0 spiro atoms. The van der Waals surface area contributed by atoms with E-state index in [1.807, 2.05) is 16.7 Å². The van der Waals surface area contributed by atoms with Crippen LogP contribution >= 0.6 is 11.8 Å². The number of hydrogen-bond acceptors (Lipinski definition) is 3. The Morgan fingerprint density at radius 1 is 1.53 bits per heavy atom. The van der Waals surface area contributed by atoms with E-state index in [1.165, 1.54) is 16.0 Å². The first-order chi connectivity index (χ1) is 7.97. The molecule has 3 nitrogen and oxygen atoms in total. The Labute approximate surface area is 106 Å². The number of carboxylic acids is 1. The van der Waals surface area contributed by atoms with Gasteiger partial charge in [-0.25, -0.2) is 0 Å². The van der Waals surface area contributed by atoms with Gasteiger partial charge in [0.05, 0.1) is 5.69 Å². The molecule has 0 saturated carbocycles. The molecule has 1 aliphatic heterocycles. The predicted molar refractivity (Wildman–Crippen MR) is 71.1 cm³/mol. The lowest BCUT2D eigenvalue weighted by Gasteiger charge is -2.34. The van der Waals surface area contributed by atoms with Gasteiger partial charge in [-0.3, -0.25) is 4.79 Å². The fraction of sp³-hybridized carbons (Fsp3) is 0.462. The number of anilines is 1. The summed E-state index contributed by atoms with van der Waals surface area (Å²) in [6, 6.07) is 4.27. The van der Waals surface area contributed by atoms with E-state index in [0.717, 1.165) is 12.2 Å². The summed E-state index contributed by atoms with van der Waals surface area (Å²) >= 11 is 1.84. The Balaban J connectivity index is 2.44. The van der Waals surface area contributed by atoms with Crippen LogP contribution in [0.5, 0.6) is 0 Å². The number of thioether (sulfide) groups is 1. The summed E-state index contributed by atoms with van der Waals surface area (Å²) in [5, 5.41) is 9.41. The summed E-state index contributed by atoms with van der Waals surface area (Å²) in [5.74, 6) is -0.768. The van der Waals surface area contributed by atoms with E-state index in [4.69, 9.17) is 5.11 Å². The van der Waals surface area contributed by atoms with E-state index < -0.39 is 5.97 Å². The van der Waals surface area contributed by atoms with Crippen molar-refractivity contribution in [3.05, 3.63) is 23.3 Å². The highest BCUT2D eigenvalue weighted by molar-refractivity contribution is 8.00. The Kier molecular flexibility index (Phi) is 3.33. The average molecular weight is 251 g/mol. The Morgan fingerprint density at radius 2 is 2.24 bits per heavy atom. The summed E-state index contributed by atoms with van der Waals surface area (Å²) in [7, 11) is 0. The molecule has 92 valence electrons. The molecule has 1 atom stereocenters. The number of aliphatic carboxylic acids is 1. The molecule has 1 heterocycles. The lowest BCUT2D eigenvalue weighted by Crippen LogP contribution is -2.37. The van der Waals surface area contributed by atoms with E-state index in [9.17, 15) is 4.79 Å². The van der Waals surface area contributed by atoms with Crippen molar-refractivity contribution in [1.82, 2.24) is 0 Å². The smallest absolute Gasteiger partial charge is 0.323 e. The fourth-order valence-electron chi connectivity index (χ4n) is 2.38. The number of hydrogen-bond donors (Lipinski definition) is 1. The molecular weight excluding hydrogens is 234 g/mol. The van der Waals surface area contributed by atoms with Gasteiger partial charge >= 0.3 is 5.97 Å². The third-order valence-electron chi connectivity index (χ3n) is 2.86. The second-order valence-electron chi connectivity index (χ2n) is 4.63. The van der Waals surface area contributed by atoms with Crippen LogP contribution in [-0.4, -0.2) is 29.4 Å². The van der Waals surface area contributed by atoms with Crippen LogP contribution in [0.4, 0.5) is 5.69 Å². The molecular formula is C13H17NO2S. The Hall–Kier alpha value is -1.16. The number of carboxylic acid groups (broad SMARTS) is 1. The minimum absolute atomic E-state index is 0.0851. The zero-order valence-electron chi connectivity index (χ0n) is 10.4. The summed E-state index contributed by atoms with van der Waals surface area (Å²) in [4.78, 5) is 14.1. The van der Waals surface area contributed by atoms with Crippen LogP contribution in [0.25, 0.3) is 0 Å². The number of fused-ring (bicyclic) bond motifs is 1. The summed E-state index contributed by atoms with van der Waals surface area (Å²) in [6.07, 6.45) is 0. The van der Waals surface area contributed by atoms with Crippen molar-refractivity contribution in [2.75, 3.05) is 18.0 Å². The molecule has 0 fully saturated rings. The minimum atomic E-state index is -0.768. The van der Waals surface area contributed by atoms with Crippen LogP contribution in [0.15, 0.2) is 17.0 Å². The van der Waals surface area contributed by atoms with Gasteiger partial charge in [0.1, 0.15) is 6.54 Å². The molecule has 1 N–H and O–H groups in total. The van der Waals surface area contributed by atoms with Gasteiger partial charge in [-0.1, -0.05) is 13.0 Å². The van der Waals surface area contributed by atoms with Gasteiger partial charge in [0.15, 0.2) is 0 Å². The maximum absolute atomic E-state index is 10.9. The molecule has 17 heavy (non-hydrogen) atoms. The van der Waals surface area contributed by atoms with Gasteiger partial charge in [-0.05, 0) is 31.0 Å². The fourth-order valence-corrected chi connectivity index (χ4v) is 3.72. The summed E-state index contributed by atoms with van der Waals surface area (Å²) in [6.45, 7) is 7.15. The van der Waals surface area contributed by atoms with E-state index in [0.29, 0.717) is 5.25 Å². The van der Waals surface area contributed by atoms with Crippen LogP contribution in [0.2, 0.25) is 0 Å². The third-order valence-corrected chi connectivity index (χ3v) is 3.97. The van der Waals surface area contributed by atoms with E-state index in [1.54, 1.807) is 0 Å². The predicted octanol–water partition coefficient (Wildman–Crippen LogP) is 2.69. The molecule has 1 aromatic rings. The van der Waals surface area contributed by atoms with Crippen LogP contribution in [0.3, 0.4) is 0 Å². The zero-order chi connectivity index (χ0) is 12.6. The van der Waals surface area contributed by atoms with Crippen LogP contribution in [-0.2, 0) is 4.79 Å². The third kappa shape index (κ3) is 2.57. The monoisotopic (exact) mass is 251 g/mol. The molecule has 1 unspecified atom stereocenters. The van der Waals surface area contributed by atoms with E-state index >= 15 is 0 Å². The number of carbonyl (C=O) groups is 1. The molecule has 0 radical (unpaired) electrons. The van der Waals surface area contributed by atoms with Crippen molar-refractivity contribution in [2.45, 2.75) is 30.9 Å². The molecule has 1 aromatic carbocycles. The molecule has 0 saturated heterocycles. The number of aryl methyl sites for hydroxylation is 2. The highest BCUT2D eigenvalue weighted by Crippen LogP contribution is 2.40. The quantitative estimate of drug-likeness (QED) is 0.877. The molecule has 0 amide bonds. The van der Waals surface area contributed by atoms with Gasteiger partial charge in [0.25, 0.3) is 0 Å². The van der Waals surface area contributed by atoms with Crippen molar-refractivity contribution >= 4 is 23.4 Å². The second kappa shape index (κ2) is 4.61. The van der Waals surface area contributed by atoms with Crippen LogP contribution in [0, 0.1) is 13.8 Å². The maximum atomic E-state index is 10.9. The van der Waals surface area contributed by atoms with Crippen LogP contribution < -0.4 is 4.90 Å². The SMILES string of the molecule is Cc1cc(C)c2c(c1)SC(C)CN2CC(=O)O. The first-order valence-corrected chi connectivity index (χ1v) is 6.60. The topological polar surface area (TPSA) is 40.5 Å². The minimum Gasteiger partial charge on any atom is -0.480 e. The molecule has 2 rings (SSSR count). The van der Waals surface area contributed by atoms with Crippen molar-refractivity contribution in [3.8, 4) is 0 Å². The first-order valence-electron chi connectivity index (χ1n) is 5.72. The highest BCUT2D eigenvalue weighted by Gasteiger charge is 2.25. The summed E-state index contributed by atoms with van der Waals surface area (Å²) in [5.41, 5.74) is 3.50. The number of nitrogens with zero attached hydrogens (tertiary/aromatic N) is 1. The molecule has 1 aliphatic rings. The van der Waals surface area contributed by atoms with Gasteiger partial charge in [-0.15, -0.1) is 11.8 Å². The summed E-state index contributed by atoms with van der Waals surface area (Å²) < 4.78 is 0. The van der Waals surface area contributed by atoms with Crippen molar-refractivity contribution < 1.29 is 9.90 Å². The first kappa shape index (κ1) is 12.3. The maximum Gasteiger partial charge on any atom is 0.323 e.